The standard InChI is InChI=1S/C22H26N4O5/c1-9-18(27)13-14(19(28)20(9)29-3)22(30-4)26-12(8-23)11-7-10-15(24(11)2)17(26)16(13)25-5-6-31-21(10)25/h10-12,15-17,21-22H,5-7H2,1-4H3. The number of piperazine rings is 1. The molecule has 0 aromatic carbocycles. The minimum atomic E-state index is -0.756. The van der Waals surface area contributed by atoms with Crippen molar-refractivity contribution in [3.63, 3.8) is 0 Å². The lowest BCUT2D eigenvalue weighted by Gasteiger charge is -2.61. The molecular weight excluding hydrogens is 400 g/mol. The summed E-state index contributed by atoms with van der Waals surface area (Å²) in [5, 5.41) is 10.2. The van der Waals surface area contributed by atoms with Gasteiger partial charge in [-0.25, -0.2) is 0 Å². The molecule has 164 valence electrons. The molecule has 8 unspecified atom stereocenters. The van der Waals surface area contributed by atoms with Gasteiger partial charge in [0.05, 0.1) is 31.4 Å². The van der Waals surface area contributed by atoms with Crippen LogP contribution < -0.4 is 0 Å². The number of Topliss-reactive ketones (excluding diaryl/α,β-unsaturated/α-hetero) is 2. The van der Waals surface area contributed by atoms with Crippen LogP contribution in [0, 0.1) is 17.2 Å². The van der Waals surface area contributed by atoms with Gasteiger partial charge in [0.2, 0.25) is 5.78 Å². The predicted molar refractivity (Wildman–Crippen MR) is 106 cm³/mol. The molecule has 0 radical (unpaired) electrons. The van der Waals surface area contributed by atoms with E-state index >= 15 is 0 Å². The van der Waals surface area contributed by atoms with Crippen LogP contribution in [0.2, 0.25) is 0 Å². The molecule has 0 aromatic rings. The number of allylic oxidation sites excluding steroid dienone is 2. The molecule has 0 spiro atoms. The Balaban J connectivity index is 1.63. The number of hydrogen-bond donors (Lipinski definition) is 0. The quantitative estimate of drug-likeness (QED) is 0.549. The smallest absolute Gasteiger partial charge is 0.228 e. The number of piperidine rings is 1. The van der Waals surface area contributed by atoms with E-state index in [1.54, 1.807) is 14.0 Å². The summed E-state index contributed by atoms with van der Waals surface area (Å²) in [5.74, 6) is -0.169. The molecule has 9 heteroatoms. The highest BCUT2D eigenvalue weighted by molar-refractivity contribution is 6.25. The molecule has 6 aliphatic rings. The summed E-state index contributed by atoms with van der Waals surface area (Å²) < 4.78 is 17.4. The van der Waals surface area contributed by atoms with Gasteiger partial charge in [0.25, 0.3) is 0 Å². The molecule has 31 heavy (non-hydrogen) atoms. The summed E-state index contributed by atoms with van der Waals surface area (Å²) in [6.07, 6.45) is -0.0147. The van der Waals surface area contributed by atoms with Crippen LogP contribution in [-0.4, -0.2) is 103 Å². The summed E-state index contributed by atoms with van der Waals surface area (Å²) >= 11 is 0. The van der Waals surface area contributed by atoms with Gasteiger partial charge in [-0.3, -0.25) is 24.3 Å². The van der Waals surface area contributed by atoms with Crippen LogP contribution in [0.4, 0.5) is 0 Å². The van der Waals surface area contributed by atoms with Crippen molar-refractivity contribution in [1.82, 2.24) is 14.7 Å². The number of fused-ring (bicyclic) bond motifs is 5. The molecule has 2 bridgehead atoms. The average molecular weight is 426 g/mol. The zero-order valence-corrected chi connectivity index (χ0v) is 18.1. The first-order valence-electron chi connectivity index (χ1n) is 10.8. The number of hydrogen-bond acceptors (Lipinski definition) is 9. The number of rotatable bonds is 2. The number of ketones is 2. The lowest BCUT2D eigenvalue weighted by Crippen LogP contribution is -2.77. The minimum absolute atomic E-state index is 0.0226. The maximum atomic E-state index is 13.7. The lowest BCUT2D eigenvalue weighted by molar-refractivity contribution is -0.171. The molecule has 0 amide bonds. The van der Waals surface area contributed by atoms with Gasteiger partial charge in [-0.15, -0.1) is 0 Å². The van der Waals surface area contributed by atoms with E-state index in [0.717, 1.165) is 6.42 Å². The Bertz CT molecular complexity index is 998. The number of nitriles is 1. The van der Waals surface area contributed by atoms with Gasteiger partial charge in [0.1, 0.15) is 18.5 Å². The predicted octanol–water partition coefficient (Wildman–Crippen LogP) is -0.353. The normalized spacial score (nSPS) is 44.5. The Morgan fingerprint density at radius 2 is 1.94 bits per heavy atom. The summed E-state index contributed by atoms with van der Waals surface area (Å²) in [4.78, 5) is 33.8. The van der Waals surface area contributed by atoms with Crippen molar-refractivity contribution in [3.05, 3.63) is 22.5 Å². The third-order valence-corrected chi connectivity index (χ3v) is 8.38. The van der Waals surface area contributed by atoms with E-state index in [4.69, 9.17) is 14.2 Å². The third kappa shape index (κ3) is 2.12. The highest BCUT2D eigenvalue weighted by Gasteiger charge is 2.69. The SMILES string of the molecule is COC1=C(C)C(=O)C2=C(C1=O)C(OC)N1C(C#N)C3CC4C(C1C2N1CCOC41)N3C. The van der Waals surface area contributed by atoms with Gasteiger partial charge in [-0.2, -0.15) is 5.26 Å². The van der Waals surface area contributed by atoms with Crippen LogP contribution in [0.1, 0.15) is 13.3 Å². The Kier molecular flexibility index (Phi) is 4.08. The van der Waals surface area contributed by atoms with Crippen molar-refractivity contribution in [1.29, 1.82) is 5.26 Å². The van der Waals surface area contributed by atoms with Crippen LogP contribution in [0.3, 0.4) is 0 Å². The Morgan fingerprint density at radius 3 is 2.61 bits per heavy atom. The number of nitrogens with zero attached hydrogens (tertiary/aromatic N) is 4. The van der Waals surface area contributed by atoms with Gasteiger partial charge in [0, 0.05) is 48.8 Å². The van der Waals surface area contributed by atoms with E-state index < -0.39 is 12.3 Å². The second kappa shape index (κ2) is 6.47. The van der Waals surface area contributed by atoms with E-state index in [2.05, 4.69) is 27.8 Å². The molecule has 1 aliphatic carbocycles. The molecule has 9 nitrogen and oxygen atoms in total. The van der Waals surface area contributed by atoms with Gasteiger partial charge < -0.3 is 14.2 Å². The van der Waals surface area contributed by atoms with Gasteiger partial charge in [-0.1, -0.05) is 0 Å². The van der Waals surface area contributed by atoms with Gasteiger partial charge in [-0.05, 0) is 20.4 Å². The molecule has 4 fully saturated rings. The van der Waals surface area contributed by atoms with Gasteiger partial charge >= 0.3 is 0 Å². The summed E-state index contributed by atoms with van der Waals surface area (Å²) in [5.41, 5.74) is 1.16. The topological polar surface area (TPSA) is 95.3 Å². The highest BCUT2D eigenvalue weighted by Crippen LogP contribution is 2.55. The summed E-state index contributed by atoms with van der Waals surface area (Å²) in [6.45, 7) is 2.95. The van der Waals surface area contributed by atoms with E-state index in [1.165, 1.54) is 7.11 Å². The van der Waals surface area contributed by atoms with Crippen molar-refractivity contribution < 1.29 is 23.8 Å². The van der Waals surface area contributed by atoms with Crippen molar-refractivity contribution in [2.75, 3.05) is 34.4 Å². The Hall–Kier alpha value is -2.09. The number of carbonyl (C=O) groups is 2. The Morgan fingerprint density at radius 1 is 1.16 bits per heavy atom. The second-order valence-corrected chi connectivity index (χ2v) is 9.31. The largest absolute Gasteiger partial charge is 0.492 e. The Labute approximate surface area is 180 Å². The molecule has 0 N–H and O–H groups in total. The zero-order valence-electron chi connectivity index (χ0n) is 18.1. The highest BCUT2D eigenvalue weighted by atomic mass is 16.5. The number of methoxy groups -OCH3 is 2. The van der Waals surface area contributed by atoms with Crippen LogP contribution in [-0.2, 0) is 23.8 Å². The number of ether oxygens (including phenoxy) is 3. The third-order valence-electron chi connectivity index (χ3n) is 8.38. The maximum absolute atomic E-state index is 13.7. The van der Waals surface area contributed by atoms with Gasteiger partial charge in [0.15, 0.2) is 11.5 Å². The van der Waals surface area contributed by atoms with Crippen LogP contribution in [0.5, 0.6) is 0 Å². The summed E-state index contributed by atoms with van der Waals surface area (Å²) in [6, 6.07) is 1.75. The van der Waals surface area contributed by atoms with Crippen molar-refractivity contribution in [2.45, 2.75) is 56.0 Å². The van der Waals surface area contributed by atoms with Crippen molar-refractivity contribution in [3.8, 4) is 6.07 Å². The maximum Gasteiger partial charge on any atom is 0.228 e. The lowest BCUT2D eigenvalue weighted by atomic mass is 9.71. The number of likely N-dealkylation sites (N-methyl/N-ethyl adjacent to an activating group) is 1. The monoisotopic (exact) mass is 426 g/mol. The van der Waals surface area contributed by atoms with Crippen molar-refractivity contribution in [2.24, 2.45) is 5.92 Å². The van der Waals surface area contributed by atoms with Crippen molar-refractivity contribution >= 4 is 11.6 Å². The van der Waals surface area contributed by atoms with E-state index in [1.807, 2.05) is 0 Å². The first-order chi connectivity index (χ1) is 15.0. The minimum Gasteiger partial charge on any atom is -0.492 e. The molecule has 8 atom stereocenters. The molecule has 6 rings (SSSR count). The molecule has 0 saturated carbocycles. The van der Waals surface area contributed by atoms with Crippen LogP contribution >= 0.6 is 0 Å². The summed E-state index contributed by atoms with van der Waals surface area (Å²) in [7, 11) is 5.03. The van der Waals surface area contributed by atoms with E-state index in [9.17, 15) is 14.9 Å². The van der Waals surface area contributed by atoms with E-state index in [0.29, 0.717) is 29.9 Å². The fourth-order valence-electron chi connectivity index (χ4n) is 7.32. The van der Waals surface area contributed by atoms with E-state index in [-0.39, 0.29) is 53.6 Å². The molecular formula is C22H26N4O5. The number of carbonyl (C=O) groups excluding carboxylic acids is 2. The molecule has 0 aromatic heterocycles. The van der Waals surface area contributed by atoms with Crippen LogP contribution in [0.15, 0.2) is 22.5 Å². The zero-order chi connectivity index (χ0) is 21.8. The average Bonchev–Trinajstić information content (AvgIpc) is 3.34. The fraction of sp³-hybridized carbons (Fsp3) is 0.682. The first kappa shape index (κ1) is 19.6. The fourth-order valence-corrected chi connectivity index (χ4v) is 7.32. The second-order valence-electron chi connectivity index (χ2n) is 9.31. The molecule has 4 saturated heterocycles. The van der Waals surface area contributed by atoms with Crippen LogP contribution in [0.25, 0.3) is 0 Å². The molecule has 5 aliphatic heterocycles. The first-order valence-corrected chi connectivity index (χ1v) is 10.8. The molecule has 5 heterocycles.